The summed E-state index contributed by atoms with van der Waals surface area (Å²) < 4.78 is 39.7. The van der Waals surface area contributed by atoms with Gasteiger partial charge >= 0.3 is 0 Å². The highest BCUT2D eigenvalue weighted by Gasteiger charge is 2.24. The Balaban J connectivity index is 2.29. The maximum absolute atomic E-state index is 13.1. The third-order valence-corrected chi connectivity index (χ3v) is 5.72. The number of anilines is 1. The molecule has 0 saturated carbocycles. The van der Waals surface area contributed by atoms with Gasteiger partial charge in [-0.2, -0.15) is 0 Å². The number of rotatable bonds is 7. The molecule has 0 atom stereocenters. The standard InChI is InChI=1S/C18H20ClFN2O4S/c1-12(2)11-26-21-18(23)16-10-15(8-9-17(16)19)27(24,25)22(3)14-6-4-13(20)5-7-14/h4-10,12H,11H2,1-3H3,(H,21,23). The van der Waals surface area contributed by atoms with Crippen LogP contribution in [-0.4, -0.2) is 28.0 Å². The molecule has 0 radical (unpaired) electrons. The van der Waals surface area contributed by atoms with Crippen LogP contribution in [0.15, 0.2) is 47.4 Å². The van der Waals surface area contributed by atoms with Crippen molar-refractivity contribution in [3.05, 3.63) is 58.9 Å². The van der Waals surface area contributed by atoms with Gasteiger partial charge in [-0.1, -0.05) is 25.4 Å². The third-order valence-electron chi connectivity index (χ3n) is 3.61. The lowest BCUT2D eigenvalue weighted by molar-refractivity contribution is 0.0208. The molecule has 2 rings (SSSR count). The summed E-state index contributed by atoms with van der Waals surface area (Å²) in [7, 11) is -2.64. The molecule has 0 aromatic heterocycles. The highest BCUT2D eigenvalue weighted by molar-refractivity contribution is 7.92. The molecule has 27 heavy (non-hydrogen) atoms. The summed E-state index contributed by atoms with van der Waals surface area (Å²) in [5, 5.41) is 0.0871. The zero-order chi connectivity index (χ0) is 20.2. The molecule has 0 heterocycles. The molecule has 1 N–H and O–H groups in total. The molecular formula is C18H20ClFN2O4S. The van der Waals surface area contributed by atoms with E-state index in [0.29, 0.717) is 6.61 Å². The van der Waals surface area contributed by atoms with Crippen molar-refractivity contribution in [2.24, 2.45) is 5.92 Å². The Morgan fingerprint density at radius 2 is 1.85 bits per heavy atom. The largest absolute Gasteiger partial charge is 0.276 e. The second kappa shape index (κ2) is 8.69. The summed E-state index contributed by atoms with van der Waals surface area (Å²) in [4.78, 5) is 17.2. The van der Waals surface area contributed by atoms with E-state index >= 15 is 0 Å². The molecule has 0 unspecified atom stereocenters. The number of hydroxylamine groups is 1. The van der Waals surface area contributed by atoms with E-state index in [-0.39, 0.29) is 27.1 Å². The van der Waals surface area contributed by atoms with E-state index in [9.17, 15) is 17.6 Å². The molecule has 0 bridgehead atoms. The van der Waals surface area contributed by atoms with Crippen LogP contribution < -0.4 is 9.79 Å². The first-order chi connectivity index (χ1) is 12.6. The van der Waals surface area contributed by atoms with E-state index in [1.54, 1.807) is 0 Å². The number of benzene rings is 2. The predicted octanol–water partition coefficient (Wildman–Crippen LogP) is 3.62. The summed E-state index contributed by atoms with van der Waals surface area (Å²) in [5.41, 5.74) is 2.49. The molecule has 2 aromatic carbocycles. The number of nitrogens with one attached hydrogen (secondary N) is 1. The van der Waals surface area contributed by atoms with Gasteiger partial charge in [0.1, 0.15) is 5.82 Å². The first-order valence-electron chi connectivity index (χ1n) is 8.09. The van der Waals surface area contributed by atoms with E-state index in [0.717, 1.165) is 16.4 Å². The fourth-order valence-corrected chi connectivity index (χ4v) is 3.54. The van der Waals surface area contributed by atoms with Gasteiger partial charge in [-0.15, -0.1) is 0 Å². The van der Waals surface area contributed by atoms with Crippen molar-refractivity contribution in [1.29, 1.82) is 0 Å². The van der Waals surface area contributed by atoms with Gasteiger partial charge in [-0.3, -0.25) is 13.9 Å². The van der Waals surface area contributed by atoms with Crippen LogP contribution in [0.3, 0.4) is 0 Å². The first-order valence-corrected chi connectivity index (χ1v) is 9.91. The summed E-state index contributed by atoms with van der Waals surface area (Å²) in [5.74, 6) is -0.921. The van der Waals surface area contributed by atoms with Crippen molar-refractivity contribution in [2.75, 3.05) is 18.0 Å². The number of carbonyl (C=O) groups is 1. The van der Waals surface area contributed by atoms with Gasteiger partial charge in [-0.25, -0.2) is 18.3 Å². The number of carbonyl (C=O) groups excluding carboxylic acids is 1. The highest BCUT2D eigenvalue weighted by Crippen LogP contribution is 2.26. The molecule has 2 aromatic rings. The van der Waals surface area contributed by atoms with Crippen LogP contribution in [-0.2, 0) is 14.9 Å². The van der Waals surface area contributed by atoms with Crippen LogP contribution in [0.25, 0.3) is 0 Å². The quantitative estimate of drug-likeness (QED) is 0.702. The lowest BCUT2D eigenvalue weighted by atomic mass is 10.2. The number of nitrogens with zero attached hydrogens (tertiary/aromatic N) is 1. The minimum atomic E-state index is -3.98. The zero-order valence-electron chi connectivity index (χ0n) is 15.1. The lowest BCUT2D eigenvalue weighted by Gasteiger charge is -2.20. The topological polar surface area (TPSA) is 75.7 Å². The number of hydrogen-bond acceptors (Lipinski definition) is 4. The first kappa shape index (κ1) is 21.1. The van der Waals surface area contributed by atoms with Crippen LogP contribution >= 0.6 is 11.6 Å². The predicted molar refractivity (Wildman–Crippen MR) is 102 cm³/mol. The fourth-order valence-electron chi connectivity index (χ4n) is 2.12. The zero-order valence-corrected chi connectivity index (χ0v) is 16.6. The summed E-state index contributed by atoms with van der Waals surface area (Å²) in [6.45, 7) is 4.13. The summed E-state index contributed by atoms with van der Waals surface area (Å²) >= 11 is 6.03. The molecule has 6 nitrogen and oxygen atoms in total. The van der Waals surface area contributed by atoms with E-state index in [2.05, 4.69) is 5.48 Å². The third kappa shape index (κ3) is 5.18. The lowest BCUT2D eigenvalue weighted by Crippen LogP contribution is -2.28. The smallest absolute Gasteiger partial charge is 0.273 e. The van der Waals surface area contributed by atoms with Crippen molar-refractivity contribution < 1.29 is 22.4 Å². The summed E-state index contributed by atoms with van der Waals surface area (Å²) in [6, 6.07) is 8.80. The second-order valence-corrected chi connectivity index (χ2v) is 8.60. The number of sulfonamides is 1. The number of halogens is 2. The Morgan fingerprint density at radius 3 is 2.44 bits per heavy atom. The van der Waals surface area contributed by atoms with Gasteiger partial charge < -0.3 is 0 Å². The molecule has 0 aliphatic carbocycles. The van der Waals surface area contributed by atoms with Gasteiger partial charge in [0.2, 0.25) is 0 Å². The molecule has 0 aliphatic heterocycles. The van der Waals surface area contributed by atoms with Gasteiger partial charge in [-0.05, 0) is 48.4 Å². The molecule has 9 heteroatoms. The van der Waals surface area contributed by atoms with Crippen LogP contribution in [0.1, 0.15) is 24.2 Å². The number of hydrogen-bond donors (Lipinski definition) is 1. The van der Waals surface area contributed by atoms with Gasteiger partial charge in [0.05, 0.1) is 27.8 Å². The van der Waals surface area contributed by atoms with Crippen molar-refractivity contribution in [2.45, 2.75) is 18.7 Å². The van der Waals surface area contributed by atoms with Crippen molar-refractivity contribution in [3.63, 3.8) is 0 Å². The highest BCUT2D eigenvalue weighted by atomic mass is 35.5. The minimum Gasteiger partial charge on any atom is -0.273 e. The van der Waals surface area contributed by atoms with Gasteiger partial charge in [0, 0.05) is 7.05 Å². The van der Waals surface area contributed by atoms with E-state index in [1.807, 2.05) is 13.8 Å². The molecular weight excluding hydrogens is 395 g/mol. The Bertz CT molecular complexity index is 917. The van der Waals surface area contributed by atoms with Crippen LogP contribution in [0.4, 0.5) is 10.1 Å². The number of amides is 1. The second-order valence-electron chi connectivity index (χ2n) is 6.23. The van der Waals surface area contributed by atoms with Crippen molar-refractivity contribution in [3.8, 4) is 0 Å². The van der Waals surface area contributed by atoms with Gasteiger partial charge in [0.15, 0.2) is 0 Å². The van der Waals surface area contributed by atoms with Crippen molar-refractivity contribution >= 4 is 33.2 Å². The molecule has 0 saturated heterocycles. The minimum absolute atomic E-state index is 0.0333. The maximum Gasteiger partial charge on any atom is 0.276 e. The molecule has 0 fully saturated rings. The molecule has 1 amide bonds. The fraction of sp³-hybridized carbons (Fsp3) is 0.278. The SMILES string of the molecule is CC(C)CONC(=O)c1cc(S(=O)(=O)N(C)c2ccc(F)cc2)ccc1Cl. The summed E-state index contributed by atoms with van der Waals surface area (Å²) in [6.07, 6.45) is 0. The average molecular weight is 415 g/mol. The Labute approximate surface area is 162 Å². The Morgan fingerprint density at radius 1 is 1.22 bits per heavy atom. The Hall–Kier alpha value is -2.16. The average Bonchev–Trinajstić information content (AvgIpc) is 2.61. The molecule has 0 spiro atoms. The van der Waals surface area contributed by atoms with Crippen LogP contribution in [0.2, 0.25) is 5.02 Å². The van der Waals surface area contributed by atoms with Crippen LogP contribution in [0, 0.1) is 11.7 Å². The Kier molecular flexibility index (Phi) is 6.80. The molecule has 146 valence electrons. The van der Waals surface area contributed by atoms with E-state index in [1.165, 1.54) is 37.4 Å². The van der Waals surface area contributed by atoms with Crippen molar-refractivity contribution in [1.82, 2.24) is 5.48 Å². The monoisotopic (exact) mass is 414 g/mol. The molecule has 0 aliphatic rings. The maximum atomic E-state index is 13.1. The van der Waals surface area contributed by atoms with E-state index < -0.39 is 21.7 Å². The van der Waals surface area contributed by atoms with Gasteiger partial charge in [0.25, 0.3) is 15.9 Å². The van der Waals surface area contributed by atoms with Crippen LogP contribution in [0.5, 0.6) is 0 Å². The van der Waals surface area contributed by atoms with E-state index in [4.69, 9.17) is 16.4 Å². The normalized spacial score (nSPS) is 11.5.